The van der Waals surface area contributed by atoms with E-state index < -0.39 is 6.10 Å². The molecule has 0 aromatic heterocycles. The number of phenols is 1. The van der Waals surface area contributed by atoms with E-state index in [0.29, 0.717) is 23.5 Å². The average Bonchev–Trinajstić information content (AvgIpc) is 2.69. The number of hydrogen-bond donors (Lipinski definition) is 1. The highest BCUT2D eigenvalue weighted by atomic mass is 16.5. The largest absolute Gasteiger partial charge is 0.504 e. The minimum absolute atomic E-state index is 0.0816. The van der Waals surface area contributed by atoms with Crippen molar-refractivity contribution in [2.75, 3.05) is 35.5 Å². The van der Waals surface area contributed by atoms with Gasteiger partial charge in [-0.25, -0.2) is 0 Å². The molecule has 0 amide bonds. The Morgan fingerprint density at radius 1 is 0.769 bits per heavy atom. The summed E-state index contributed by atoms with van der Waals surface area (Å²) in [5.41, 5.74) is 1.65. The van der Waals surface area contributed by atoms with Gasteiger partial charge in [-0.1, -0.05) is 30.3 Å². The molecule has 0 aliphatic rings. The van der Waals surface area contributed by atoms with Gasteiger partial charge in [0.05, 0.1) is 40.1 Å². The van der Waals surface area contributed by atoms with Gasteiger partial charge in [-0.2, -0.15) is 0 Å². The van der Waals surface area contributed by atoms with Gasteiger partial charge < -0.3 is 28.8 Å². The molecule has 0 spiro atoms. The van der Waals surface area contributed by atoms with Crippen molar-refractivity contribution in [2.24, 2.45) is 0 Å². The second-order valence-corrected chi connectivity index (χ2v) is 5.64. The third-order valence-electron chi connectivity index (χ3n) is 4.29. The summed E-state index contributed by atoms with van der Waals surface area (Å²) in [5, 5.41) is 10.8. The standard InChI is InChI=1S/C20H26O6/c1-22-14(12-11-13-9-7-6-8-10-13)15-16(21)18(24-3)20(26-5)19(25-4)17(15)23-2/h6-10,14,21H,11-12H2,1-5H3/t14-/m1/s1. The van der Waals surface area contributed by atoms with Crippen LogP contribution in [0.4, 0.5) is 0 Å². The van der Waals surface area contributed by atoms with Crippen molar-refractivity contribution in [3.8, 4) is 28.7 Å². The minimum Gasteiger partial charge on any atom is -0.504 e. The Balaban J connectivity index is 2.50. The highest BCUT2D eigenvalue weighted by Gasteiger charge is 2.31. The molecule has 0 saturated carbocycles. The molecule has 0 saturated heterocycles. The fourth-order valence-electron chi connectivity index (χ4n) is 3.05. The van der Waals surface area contributed by atoms with E-state index >= 15 is 0 Å². The lowest BCUT2D eigenvalue weighted by atomic mass is 9.98. The van der Waals surface area contributed by atoms with E-state index in [0.717, 1.165) is 6.42 Å². The lowest BCUT2D eigenvalue weighted by molar-refractivity contribution is 0.0900. The fraction of sp³-hybridized carbons (Fsp3) is 0.400. The second-order valence-electron chi connectivity index (χ2n) is 5.64. The summed E-state index contributed by atoms with van der Waals surface area (Å²) in [7, 11) is 7.54. The van der Waals surface area contributed by atoms with Crippen molar-refractivity contribution in [1.29, 1.82) is 0 Å². The van der Waals surface area contributed by atoms with Crippen LogP contribution in [0.2, 0.25) is 0 Å². The highest BCUT2D eigenvalue weighted by Crippen LogP contribution is 2.55. The number of methoxy groups -OCH3 is 5. The molecule has 1 atom stereocenters. The molecule has 26 heavy (non-hydrogen) atoms. The van der Waals surface area contributed by atoms with Crippen molar-refractivity contribution in [3.63, 3.8) is 0 Å². The van der Waals surface area contributed by atoms with E-state index in [2.05, 4.69) is 12.1 Å². The molecular formula is C20H26O6. The molecule has 0 aliphatic carbocycles. The van der Waals surface area contributed by atoms with Gasteiger partial charge in [0.25, 0.3) is 0 Å². The zero-order chi connectivity index (χ0) is 19.1. The van der Waals surface area contributed by atoms with E-state index in [9.17, 15) is 5.11 Å². The van der Waals surface area contributed by atoms with Crippen molar-refractivity contribution in [3.05, 3.63) is 41.5 Å². The summed E-state index contributed by atoms with van der Waals surface area (Å²) < 4.78 is 27.3. The molecule has 1 N–H and O–H groups in total. The summed E-state index contributed by atoms with van der Waals surface area (Å²) in [6, 6.07) is 10.1. The molecule has 142 valence electrons. The fourth-order valence-corrected chi connectivity index (χ4v) is 3.05. The van der Waals surface area contributed by atoms with Gasteiger partial charge in [-0.3, -0.25) is 0 Å². The van der Waals surface area contributed by atoms with Crippen LogP contribution in [0.5, 0.6) is 28.7 Å². The molecule has 2 aromatic carbocycles. The van der Waals surface area contributed by atoms with Crippen molar-refractivity contribution < 1.29 is 28.8 Å². The number of aromatic hydroxyl groups is 1. The molecule has 0 fully saturated rings. The van der Waals surface area contributed by atoms with Crippen molar-refractivity contribution >= 4 is 0 Å². The van der Waals surface area contributed by atoms with Gasteiger partial charge in [0.15, 0.2) is 11.5 Å². The molecule has 6 nitrogen and oxygen atoms in total. The van der Waals surface area contributed by atoms with Crippen molar-refractivity contribution in [1.82, 2.24) is 0 Å². The highest BCUT2D eigenvalue weighted by molar-refractivity contribution is 5.70. The maximum atomic E-state index is 10.8. The molecule has 6 heteroatoms. The van der Waals surface area contributed by atoms with Gasteiger partial charge >= 0.3 is 0 Å². The number of benzene rings is 2. The normalized spacial score (nSPS) is 11.7. The lowest BCUT2D eigenvalue weighted by Gasteiger charge is -2.24. The zero-order valence-corrected chi connectivity index (χ0v) is 15.9. The van der Waals surface area contributed by atoms with Crippen molar-refractivity contribution in [2.45, 2.75) is 18.9 Å². The van der Waals surface area contributed by atoms with Gasteiger partial charge in [0, 0.05) is 7.11 Å². The number of aryl methyl sites for hydroxylation is 1. The third kappa shape index (κ3) is 3.80. The Morgan fingerprint density at radius 3 is 1.81 bits per heavy atom. The van der Waals surface area contributed by atoms with Crippen LogP contribution in [-0.2, 0) is 11.2 Å². The number of rotatable bonds is 9. The predicted molar refractivity (Wildman–Crippen MR) is 98.8 cm³/mol. The Bertz CT molecular complexity index is 714. The molecule has 0 unspecified atom stereocenters. The Kier molecular flexibility index (Phi) is 6.97. The summed E-state index contributed by atoms with van der Waals surface area (Å²) in [6.45, 7) is 0. The Morgan fingerprint density at radius 2 is 1.31 bits per heavy atom. The van der Waals surface area contributed by atoms with Crippen LogP contribution < -0.4 is 18.9 Å². The Hall–Kier alpha value is -2.60. The summed E-state index contributed by atoms with van der Waals surface area (Å²) in [4.78, 5) is 0. The Labute approximate surface area is 154 Å². The number of phenolic OH excluding ortho intramolecular Hbond substituents is 1. The van der Waals surface area contributed by atoms with Gasteiger partial charge in [0.1, 0.15) is 0 Å². The maximum Gasteiger partial charge on any atom is 0.211 e. The molecule has 0 heterocycles. The molecule has 0 aliphatic heterocycles. The van der Waals surface area contributed by atoms with Gasteiger partial charge in [-0.05, 0) is 18.4 Å². The first-order chi connectivity index (χ1) is 12.6. The smallest absolute Gasteiger partial charge is 0.211 e. The van der Waals surface area contributed by atoms with Crippen LogP contribution in [-0.4, -0.2) is 40.7 Å². The van der Waals surface area contributed by atoms with Crippen LogP contribution in [0.3, 0.4) is 0 Å². The van der Waals surface area contributed by atoms with Crippen LogP contribution >= 0.6 is 0 Å². The third-order valence-corrected chi connectivity index (χ3v) is 4.29. The van der Waals surface area contributed by atoms with E-state index in [1.165, 1.54) is 34.0 Å². The van der Waals surface area contributed by atoms with Gasteiger partial charge in [-0.15, -0.1) is 0 Å². The topological polar surface area (TPSA) is 66.4 Å². The molecule has 0 radical (unpaired) electrons. The predicted octanol–water partition coefficient (Wildman–Crippen LogP) is 3.75. The monoisotopic (exact) mass is 362 g/mol. The summed E-state index contributed by atoms with van der Waals surface area (Å²) in [6.07, 6.45) is 1.00. The number of ether oxygens (including phenoxy) is 5. The van der Waals surface area contributed by atoms with Crippen LogP contribution in [0.15, 0.2) is 30.3 Å². The lowest BCUT2D eigenvalue weighted by Crippen LogP contribution is -2.09. The first-order valence-corrected chi connectivity index (χ1v) is 8.28. The molecule has 0 bridgehead atoms. The molecular weight excluding hydrogens is 336 g/mol. The maximum absolute atomic E-state index is 10.8. The van der Waals surface area contributed by atoms with Crippen LogP contribution in [0.25, 0.3) is 0 Å². The van der Waals surface area contributed by atoms with Crippen LogP contribution in [0, 0.1) is 0 Å². The summed E-state index contributed by atoms with van der Waals surface area (Å²) in [5.74, 6) is 1.08. The number of hydrogen-bond acceptors (Lipinski definition) is 6. The second kappa shape index (κ2) is 9.20. The zero-order valence-electron chi connectivity index (χ0n) is 15.9. The first kappa shape index (κ1) is 19.7. The average molecular weight is 362 g/mol. The minimum atomic E-state index is -0.418. The summed E-state index contributed by atoms with van der Waals surface area (Å²) >= 11 is 0. The van der Waals surface area contributed by atoms with E-state index in [1.807, 2.05) is 18.2 Å². The van der Waals surface area contributed by atoms with Crippen LogP contribution in [0.1, 0.15) is 23.7 Å². The first-order valence-electron chi connectivity index (χ1n) is 8.28. The molecule has 2 aromatic rings. The molecule has 2 rings (SSSR count). The van der Waals surface area contributed by atoms with E-state index in [4.69, 9.17) is 23.7 Å². The van der Waals surface area contributed by atoms with Gasteiger partial charge in [0.2, 0.25) is 17.2 Å². The van der Waals surface area contributed by atoms with E-state index in [-0.39, 0.29) is 17.2 Å². The van der Waals surface area contributed by atoms with E-state index in [1.54, 1.807) is 7.11 Å². The quantitative estimate of drug-likeness (QED) is 0.733. The SMILES string of the molecule is COc1c(O)c([C@@H](CCc2ccccc2)OC)c(OC)c(OC)c1OC.